The van der Waals surface area contributed by atoms with E-state index in [9.17, 15) is 9.59 Å². The third-order valence-electron chi connectivity index (χ3n) is 2.85. The fourth-order valence-corrected chi connectivity index (χ4v) is 1.93. The molecule has 1 fully saturated rings. The first-order chi connectivity index (χ1) is 10.3. The Kier molecular flexibility index (Phi) is 11.1. The Balaban J connectivity index is 0.000000921. The van der Waals surface area contributed by atoms with Gasteiger partial charge in [-0.1, -0.05) is 45.9 Å². The van der Waals surface area contributed by atoms with Gasteiger partial charge < -0.3 is 14.4 Å². The third kappa shape index (κ3) is 6.08. The van der Waals surface area contributed by atoms with Crippen LogP contribution in [0, 0.1) is 0 Å². The van der Waals surface area contributed by atoms with E-state index in [1.54, 1.807) is 11.0 Å². The lowest BCUT2D eigenvalue weighted by atomic mass is 10.0. The van der Waals surface area contributed by atoms with E-state index in [0.717, 1.165) is 11.8 Å². The Morgan fingerprint density at radius 2 is 1.71 bits per heavy atom. The Hall–Kier alpha value is -1.68. The van der Waals surface area contributed by atoms with Gasteiger partial charge in [0.05, 0.1) is 13.2 Å². The zero-order valence-corrected chi connectivity index (χ0v) is 13.6. The summed E-state index contributed by atoms with van der Waals surface area (Å²) >= 11 is 0. The van der Waals surface area contributed by atoms with Crippen LogP contribution in [0.4, 0.5) is 0 Å². The van der Waals surface area contributed by atoms with Crippen LogP contribution in [-0.2, 0) is 16.0 Å². The minimum atomic E-state index is -0.00856. The van der Waals surface area contributed by atoms with Crippen molar-refractivity contribution >= 4 is 12.2 Å². The van der Waals surface area contributed by atoms with E-state index >= 15 is 0 Å². The monoisotopic (exact) mass is 293 g/mol. The number of benzene rings is 1. The summed E-state index contributed by atoms with van der Waals surface area (Å²) in [6, 6.07) is 7.26. The van der Waals surface area contributed by atoms with Crippen molar-refractivity contribution in [1.29, 1.82) is 0 Å². The number of morpholine rings is 1. The van der Waals surface area contributed by atoms with Crippen LogP contribution in [-0.4, -0.2) is 43.4 Å². The zero-order chi connectivity index (χ0) is 16.1. The number of hydrogen-bond acceptors (Lipinski definition) is 3. The SMILES string of the molecule is CC.CC.O=CCc1ccccc1C(=O)N1CCOCC1. The van der Waals surface area contributed by atoms with Gasteiger partial charge in [0, 0.05) is 25.1 Å². The lowest BCUT2D eigenvalue weighted by molar-refractivity contribution is -0.107. The molecule has 1 heterocycles. The van der Waals surface area contributed by atoms with Crippen LogP contribution in [0.5, 0.6) is 0 Å². The second kappa shape index (κ2) is 12.1. The molecule has 118 valence electrons. The molecule has 0 N–H and O–H groups in total. The molecule has 0 unspecified atom stereocenters. The van der Waals surface area contributed by atoms with Gasteiger partial charge in [-0.05, 0) is 11.6 Å². The summed E-state index contributed by atoms with van der Waals surface area (Å²) in [4.78, 5) is 24.6. The zero-order valence-electron chi connectivity index (χ0n) is 13.6. The van der Waals surface area contributed by atoms with Gasteiger partial charge >= 0.3 is 0 Å². The molecular formula is C17H27NO3. The van der Waals surface area contributed by atoms with Crippen LogP contribution in [0.2, 0.25) is 0 Å². The van der Waals surface area contributed by atoms with Crippen LogP contribution >= 0.6 is 0 Å². The molecule has 0 spiro atoms. The Labute approximate surface area is 128 Å². The van der Waals surface area contributed by atoms with E-state index in [2.05, 4.69) is 0 Å². The van der Waals surface area contributed by atoms with Gasteiger partial charge in [0.15, 0.2) is 0 Å². The number of nitrogens with zero attached hydrogens (tertiary/aromatic N) is 1. The fraction of sp³-hybridized carbons (Fsp3) is 0.529. The smallest absolute Gasteiger partial charge is 0.254 e. The Morgan fingerprint density at radius 1 is 1.14 bits per heavy atom. The third-order valence-corrected chi connectivity index (χ3v) is 2.85. The second-order valence-electron chi connectivity index (χ2n) is 3.93. The summed E-state index contributed by atoms with van der Waals surface area (Å²) in [5, 5.41) is 0. The highest BCUT2D eigenvalue weighted by Crippen LogP contribution is 2.13. The Bertz CT molecular complexity index is 412. The first kappa shape index (κ1) is 19.3. The predicted octanol–water partition coefficient (Wildman–Crippen LogP) is 2.95. The highest BCUT2D eigenvalue weighted by atomic mass is 16.5. The molecule has 21 heavy (non-hydrogen) atoms. The number of rotatable bonds is 3. The van der Waals surface area contributed by atoms with Crippen molar-refractivity contribution in [1.82, 2.24) is 4.90 Å². The molecule has 4 nitrogen and oxygen atoms in total. The molecule has 0 bridgehead atoms. The maximum atomic E-state index is 12.2. The van der Waals surface area contributed by atoms with Crippen molar-refractivity contribution in [2.24, 2.45) is 0 Å². The molecule has 0 aromatic heterocycles. The summed E-state index contributed by atoms with van der Waals surface area (Å²) in [6.45, 7) is 10.4. The van der Waals surface area contributed by atoms with Crippen molar-refractivity contribution in [2.75, 3.05) is 26.3 Å². The molecule has 2 rings (SSSR count). The molecule has 1 aromatic rings. The highest BCUT2D eigenvalue weighted by molar-refractivity contribution is 5.96. The normalized spacial score (nSPS) is 13.2. The van der Waals surface area contributed by atoms with Gasteiger partial charge in [-0.25, -0.2) is 0 Å². The van der Waals surface area contributed by atoms with Crippen LogP contribution < -0.4 is 0 Å². The average molecular weight is 293 g/mol. The van der Waals surface area contributed by atoms with E-state index in [1.807, 2.05) is 45.9 Å². The molecule has 0 radical (unpaired) electrons. The van der Waals surface area contributed by atoms with Crippen molar-refractivity contribution < 1.29 is 14.3 Å². The van der Waals surface area contributed by atoms with Gasteiger partial charge in [0.25, 0.3) is 5.91 Å². The molecular weight excluding hydrogens is 266 g/mol. The van der Waals surface area contributed by atoms with Crippen LogP contribution in [0.1, 0.15) is 43.6 Å². The van der Waals surface area contributed by atoms with Gasteiger partial charge in [-0.2, -0.15) is 0 Å². The second-order valence-corrected chi connectivity index (χ2v) is 3.93. The number of aldehydes is 1. The van der Waals surface area contributed by atoms with Crippen molar-refractivity contribution in [2.45, 2.75) is 34.1 Å². The summed E-state index contributed by atoms with van der Waals surface area (Å²) in [7, 11) is 0. The topological polar surface area (TPSA) is 46.6 Å². The largest absolute Gasteiger partial charge is 0.378 e. The minimum Gasteiger partial charge on any atom is -0.378 e. The minimum absolute atomic E-state index is 0.00856. The highest BCUT2D eigenvalue weighted by Gasteiger charge is 2.20. The van der Waals surface area contributed by atoms with E-state index in [0.29, 0.717) is 31.9 Å². The maximum Gasteiger partial charge on any atom is 0.254 e. The molecule has 0 aliphatic carbocycles. The summed E-state index contributed by atoms with van der Waals surface area (Å²) in [6.07, 6.45) is 1.11. The van der Waals surface area contributed by atoms with Gasteiger partial charge in [-0.3, -0.25) is 4.79 Å². The van der Waals surface area contributed by atoms with Gasteiger partial charge in [0.1, 0.15) is 6.29 Å². The number of hydrogen-bond donors (Lipinski definition) is 0. The molecule has 1 aliphatic rings. The molecule has 1 aliphatic heterocycles. The van der Waals surface area contributed by atoms with E-state index in [-0.39, 0.29) is 12.3 Å². The molecule has 0 atom stereocenters. The number of amides is 1. The standard InChI is InChI=1S/C13H15NO3.2C2H6/c15-8-5-11-3-1-2-4-12(11)13(16)14-6-9-17-10-7-14;2*1-2/h1-4,8H,5-7,9-10H2;2*1-2H3. The first-order valence-corrected chi connectivity index (χ1v) is 7.71. The molecule has 1 saturated heterocycles. The van der Waals surface area contributed by atoms with Crippen LogP contribution in [0.3, 0.4) is 0 Å². The summed E-state index contributed by atoms with van der Waals surface area (Å²) in [5.74, 6) is -0.00856. The number of carbonyl (C=O) groups excluding carboxylic acids is 2. The maximum absolute atomic E-state index is 12.2. The van der Waals surface area contributed by atoms with Gasteiger partial charge in [-0.15, -0.1) is 0 Å². The number of ether oxygens (including phenoxy) is 1. The van der Waals surface area contributed by atoms with Crippen molar-refractivity contribution in [3.05, 3.63) is 35.4 Å². The number of carbonyl (C=O) groups is 2. The summed E-state index contributed by atoms with van der Waals surface area (Å²) in [5.41, 5.74) is 1.42. The van der Waals surface area contributed by atoms with E-state index in [1.165, 1.54) is 0 Å². The predicted molar refractivity (Wildman–Crippen MR) is 85.6 cm³/mol. The molecule has 1 amide bonds. The van der Waals surface area contributed by atoms with E-state index < -0.39 is 0 Å². The molecule has 4 heteroatoms. The van der Waals surface area contributed by atoms with Gasteiger partial charge in [0.2, 0.25) is 0 Å². The average Bonchev–Trinajstić information content (AvgIpc) is 2.59. The lowest BCUT2D eigenvalue weighted by Gasteiger charge is -2.27. The van der Waals surface area contributed by atoms with E-state index in [4.69, 9.17) is 4.74 Å². The van der Waals surface area contributed by atoms with Crippen molar-refractivity contribution in [3.63, 3.8) is 0 Å². The van der Waals surface area contributed by atoms with Crippen LogP contribution in [0.15, 0.2) is 24.3 Å². The molecule has 1 aromatic carbocycles. The van der Waals surface area contributed by atoms with Crippen LogP contribution in [0.25, 0.3) is 0 Å². The summed E-state index contributed by atoms with van der Waals surface area (Å²) < 4.78 is 5.21. The fourth-order valence-electron chi connectivity index (χ4n) is 1.93. The first-order valence-electron chi connectivity index (χ1n) is 7.71. The Morgan fingerprint density at radius 3 is 2.29 bits per heavy atom. The lowest BCUT2D eigenvalue weighted by Crippen LogP contribution is -2.41. The van der Waals surface area contributed by atoms with Crippen molar-refractivity contribution in [3.8, 4) is 0 Å². The quantitative estimate of drug-likeness (QED) is 0.805. The molecule has 0 saturated carbocycles.